The number of rotatable bonds is 8. The van der Waals surface area contributed by atoms with E-state index in [1.165, 1.54) is 37.0 Å². The summed E-state index contributed by atoms with van der Waals surface area (Å²) in [6, 6.07) is 10.6. The standard InChI is InChI=1S/C16H25NOS/c1-3-7-15(8-4-1)18-13-11-17-12-14-19-16-9-5-2-6-10-16/h2,5-6,9-10,15,17H,1,3-4,7-8,11-14H2. The molecule has 1 aliphatic rings. The first kappa shape index (κ1) is 14.9. The third kappa shape index (κ3) is 6.46. The molecular formula is C16H25NOS. The summed E-state index contributed by atoms with van der Waals surface area (Å²) >= 11 is 1.90. The fourth-order valence-electron chi connectivity index (χ4n) is 2.41. The van der Waals surface area contributed by atoms with E-state index in [0.717, 1.165) is 25.4 Å². The molecule has 1 aromatic rings. The van der Waals surface area contributed by atoms with E-state index < -0.39 is 0 Å². The maximum absolute atomic E-state index is 5.88. The SMILES string of the molecule is c1ccc(SCCNCCOC2CCCCC2)cc1. The minimum absolute atomic E-state index is 0.536. The molecule has 1 fully saturated rings. The molecule has 1 aliphatic carbocycles. The molecule has 1 saturated carbocycles. The van der Waals surface area contributed by atoms with E-state index in [9.17, 15) is 0 Å². The lowest BCUT2D eigenvalue weighted by Crippen LogP contribution is -2.26. The van der Waals surface area contributed by atoms with Crippen LogP contribution >= 0.6 is 11.8 Å². The van der Waals surface area contributed by atoms with Gasteiger partial charge in [-0.2, -0.15) is 0 Å². The van der Waals surface area contributed by atoms with Gasteiger partial charge in [0.1, 0.15) is 0 Å². The zero-order valence-electron chi connectivity index (χ0n) is 11.6. The molecule has 0 spiro atoms. The van der Waals surface area contributed by atoms with Crippen molar-refractivity contribution in [2.75, 3.05) is 25.4 Å². The predicted octanol–water partition coefficient (Wildman–Crippen LogP) is 3.72. The molecule has 0 unspecified atom stereocenters. The third-order valence-corrected chi connectivity index (χ3v) is 4.49. The lowest BCUT2D eigenvalue weighted by molar-refractivity contribution is 0.0305. The Morgan fingerprint density at radius 3 is 2.63 bits per heavy atom. The van der Waals surface area contributed by atoms with Gasteiger partial charge in [0.25, 0.3) is 0 Å². The molecule has 0 saturated heterocycles. The summed E-state index contributed by atoms with van der Waals surface area (Å²) in [4.78, 5) is 1.35. The van der Waals surface area contributed by atoms with Crippen LogP contribution in [0.2, 0.25) is 0 Å². The number of ether oxygens (including phenoxy) is 1. The van der Waals surface area contributed by atoms with Gasteiger partial charge in [-0.3, -0.25) is 0 Å². The average Bonchev–Trinajstić information content (AvgIpc) is 2.48. The van der Waals surface area contributed by atoms with Crippen molar-refractivity contribution in [1.82, 2.24) is 5.32 Å². The summed E-state index contributed by atoms with van der Waals surface area (Å²) in [6.07, 6.45) is 7.18. The Bertz CT molecular complexity index is 325. The van der Waals surface area contributed by atoms with Crippen molar-refractivity contribution in [1.29, 1.82) is 0 Å². The molecular weight excluding hydrogens is 254 g/mol. The smallest absolute Gasteiger partial charge is 0.0594 e. The van der Waals surface area contributed by atoms with E-state index in [1.54, 1.807) is 0 Å². The van der Waals surface area contributed by atoms with E-state index in [-0.39, 0.29) is 0 Å². The summed E-state index contributed by atoms with van der Waals surface area (Å²) in [5, 5.41) is 3.45. The molecule has 0 aliphatic heterocycles. The van der Waals surface area contributed by atoms with Crippen LogP contribution in [0.1, 0.15) is 32.1 Å². The Hall–Kier alpha value is -0.510. The van der Waals surface area contributed by atoms with E-state index in [0.29, 0.717) is 6.10 Å². The van der Waals surface area contributed by atoms with Crippen LogP contribution in [0.5, 0.6) is 0 Å². The van der Waals surface area contributed by atoms with Gasteiger partial charge in [0.2, 0.25) is 0 Å². The van der Waals surface area contributed by atoms with E-state index in [2.05, 4.69) is 35.6 Å². The molecule has 0 heterocycles. The number of benzene rings is 1. The fourth-order valence-corrected chi connectivity index (χ4v) is 3.24. The fraction of sp³-hybridized carbons (Fsp3) is 0.625. The highest BCUT2D eigenvalue weighted by atomic mass is 32.2. The minimum Gasteiger partial charge on any atom is -0.377 e. The zero-order valence-corrected chi connectivity index (χ0v) is 12.5. The maximum Gasteiger partial charge on any atom is 0.0594 e. The molecule has 1 aromatic carbocycles. The molecule has 0 bridgehead atoms. The molecule has 1 N–H and O–H groups in total. The molecule has 0 aromatic heterocycles. The summed E-state index contributed by atoms with van der Waals surface area (Å²) < 4.78 is 5.88. The van der Waals surface area contributed by atoms with Gasteiger partial charge in [-0.05, 0) is 25.0 Å². The Balaban J connectivity index is 1.42. The van der Waals surface area contributed by atoms with Crippen LogP contribution in [0.25, 0.3) is 0 Å². The Morgan fingerprint density at radius 2 is 1.84 bits per heavy atom. The van der Waals surface area contributed by atoms with Gasteiger partial charge >= 0.3 is 0 Å². The van der Waals surface area contributed by atoms with Crippen LogP contribution in [0, 0.1) is 0 Å². The van der Waals surface area contributed by atoms with Gasteiger partial charge in [0.15, 0.2) is 0 Å². The molecule has 106 valence electrons. The van der Waals surface area contributed by atoms with Crippen molar-refractivity contribution in [3.8, 4) is 0 Å². The van der Waals surface area contributed by atoms with Crippen LogP contribution in [0.3, 0.4) is 0 Å². The maximum atomic E-state index is 5.88. The molecule has 0 amide bonds. The molecule has 2 rings (SSSR count). The van der Waals surface area contributed by atoms with Crippen LogP contribution in [0.15, 0.2) is 35.2 Å². The van der Waals surface area contributed by atoms with Gasteiger partial charge in [0.05, 0.1) is 12.7 Å². The van der Waals surface area contributed by atoms with E-state index in [1.807, 2.05) is 11.8 Å². The van der Waals surface area contributed by atoms with Crippen LogP contribution in [-0.2, 0) is 4.74 Å². The van der Waals surface area contributed by atoms with Crippen molar-refractivity contribution >= 4 is 11.8 Å². The number of hydrogen-bond donors (Lipinski definition) is 1. The van der Waals surface area contributed by atoms with Crippen molar-refractivity contribution < 1.29 is 4.74 Å². The first-order valence-corrected chi connectivity index (χ1v) is 8.44. The zero-order chi connectivity index (χ0) is 13.2. The van der Waals surface area contributed by atoms with Gasteiger partial charge in [-0.15, -0.1) is 11.8 Å². The first-order valence-electron chi connectivity index (χ1n) is 7.45. The van der Waals surface area contributed by atoms with Gasteiger partial charge in [0, 0.05) is 23.7 Å². The number of nitrogens with one attached hydrogen (secondary N) is 1. The van der Waals surface area contributed by atoms with Gasteiger partial charge < -0.3 is 10.1 Å². The number of hydrogen-bond acceptors (Lipinski definition) is 3. The highest BCUT2D eigenvalue weighted by Gasteiger charge is 2.12. The second-order valence-corrected chi connectivity index (χ2v) is 6.21. The Morgan fingerprint density at radius 1 is 1.05 bits per heavy atom. The second-order valence-electron chi connectivity index (χ2n) is 5.04. The highest BCUT2D eigenvalue weighted by Crippen LogP contribution is 2.19. The number of thioether (sulfide) groups is 1. The largest absolute Gasteiger partial charge is 0.377 e. The monoisotopic (exact) mass is 279 g/mol. The summed E-state index contributed by atoms with van der Waals surface area (Å²) in [5.41, 5.74) is 0. The van der Waals surface area contributed by atoms with Crippen LogP contribution in [-0.4, -0.2) is 31.6 Å². The quantitative estimate of drug-likeness (QED) is 0.579. The minimum atomic E-state index is 0.536. The van der Waals surface area contributed by atoms with Crippen LogP contribution in [0.4, 0.5) is 0 Å². The molecule has 0 radical (unpaired) electrons. The summed E-state index contributed by atoms with van der Waals surface area (Å²) in [5.74, 6) is 1.12. The molecule has 0 atom stereocenters. The van der Waals surface area contributed by atoms with Gasteiger partial charge in [-0.1, -0.05) is 37.5 Å². The molecule has 19 heavy (non-hydrogen) atoms. The summed E-state index contributed by atoms with van der Waals surface area (Å²) in [7, 11) is 0. The van der Waals surface area contributed by atoms with Crippen molar-refractivity contribution in [2.24, 2.45) is 0 Å². The van der Waals surface area contributed by atoms with E-state index in [4.69, 9.17) is 4.74 Å². The van der Waals surface area contributed by atoms with Gasteiger partial charge in [-0.25, -0.2) is 0 Å². The predicted molar refractivity (Wildman–Crippen MR) is 82.9 cm³/mol. The van der Waals surface area contributed by atoms with Crippen LogP contribution < -0.4 is 5.32 Å². The Kier molecular flexibility index (Phi) is 7.37. The van der Waals surface area contributed by atoms with Crippen molar-refractivity contribution in [2.45, 2.75) is 43.1 Å². The third-order valence-electron chi connectivity index (χ3n) is 3.48. The average molecular weight is 279 g/mol. The van der Waals surface area contributed by atoms with Crippen molar-refractivity contribution in [3.63, 3.8) is 0 Å². The molecule has 3 heteroatoms. The molecule has 2 nitrogen and oxygen atoms in total. The lowest BCUT2D eigenvalue weighted by Gasteiger charge is -2.22. The normalized spacial score (nSPS) is 16.6. The van der Waals surface area contributed by atoms with Crippen molar-refractivity contribution in [3.05, 3.63) is 30.3 Å². The summed E-state index contributed by atoms with van der Waals surface area (Å²) in [6.45, 7) is 2.89. The second kappa shape index (κ2) is 9.40. The topological polar surface area (TPSA) is 21.3 Å². The first-order chi connectivity index (χ1) is 9.45. The highest BCUT2D eigenvalue weighted by molar-refractivity contribution is 7.99. The lowest BCUT2D eigenvalue weighted by atomic mass is 9.98. The Labute approximate surface area is 121 Å². The van der Waals surface area contributed by atoms with E-state index >= 15 is 0 Å².